The first kappa shape index (κ1) is 19.1. The summed E-state index contributed by atoms with van der Waals surface area (Å²) < 4.78 is 31.9. The Labute approximate surface area is 139 Å². The molecule has 4 aliphatic rings. The van der Waals surface area contributed by atoms with E-state index >= 15 is 0 Å². The van der Waals surface area contributed by atoms with E-state index in [1.807, 2.05) is 0 Å². The van der Waals surface area contributed by atoms with Crippen LogP contribution in [0.5, 0.6) is 0 Å². The minimum Gasteiger partial charge on any atom is -0.377 e. The molecule has 6 atom stereocenters. The van der Waals surface area contributed by atoms with Crippen molar-refractivity contribution in [3.8, 4) is 0 Å². The van der Waals surface area contributed by atoms with Crippen LogP contribution in [0.25, 0.3) is 0 Å². The number of hydrogen-bond acceptors (Lipinski definition) is 8. The second-order valence-corrected chi connectivity index (χ2v) is 5.65. The SMILES string of the molecule is CO[C@@H]1CO[C@@H]2OCCN[C@@H]21.CO[C@H]1CO[C@H]2OCCN[C@H]21.[B]. The number of methoxy groups -OCH3 is 2. The highest BCUT2D eigenvalue weighted by Gasteiger charge is 2.40. The zero-order valence-corrected chi connectivity index (χ0v) is 13.7. The van der Waals surface area contributed by atoms with Crippen molar-refractivity contribution in [2.45, 2.75) is 36.9 Å². The van der Waals surface area contributed by atoms with Crippen LogP contribution in [0.3, 0.4) is 0 Å². The van der Waals surface area contributed by atoms with Crippen molar-refractivity contribution < 1.29 is 28.4 Å². The van der Waals surface area contributed by atoms with E-state index < -0.39 is 0 Å². The summed E-state index contributed by atoms with van der Waals surface area (Å²) in [6.07, 6.45) is 0.128. The molecule has 0 aromatic carbocycles. The molecule has 3 radical (unpaired) electrons. The molecule has 0 amide bonds. The molecule has 0 unspecified atom stereocenters. The van der Waals surface area contributed by atoms with Crippen LogP contribution in [0.2, 0.25) is 0 Å². The molecule has 4 saturated heterocycles. The van der Waals surface area contributed by atoms with Crippen LogP contribution in [-0.2, 0) is 28.4 Å². The van der Waals surface area contributed by atoms with Crippen LogP contribution in [0.15, 0.2) is 0 Å². The first-order valence-electron chi connectivity index (χ1n) is 7.82. The molecule has 9 heteroatoms. The summed E-state index contributed by atoms with van der Waals surface area (Å²) in [7, 11) is 3.40. The molecule has 0 spiro atoms. The second-order valence-electron chi connectivity index (χ2n) is 5.65. The quantitative estimate of drug-likeness (QED) is 0.581. The Balaban J connectivity index is 0.000000160. The summed E-state index contributed by atoms with van der Waals surface area (Å²) in [5.74, 6) is 0. The second kappa shape index (κ2) is 9.29. The van der Waals surface area contributed by atoms with Crippen LogP contribution >= 0.6 is 0 Å². The molecule has 4 heterocycles. The first-order chi connectivity index (χ1) is 10.8. The third-order valence-corrected chi connectivity index (χ3v) is 4.37. The number of ether oxygens (including phenoxy) is 6. The Bertz CT molecular complexity index is 309. The Hall–Kier alpha value is -0.255. The molecule has 4 aliphatic heterocycles. The van der Waals surface area contributed by atoms with Gasteiger partial charge in [-0.2, -0.15) is 0 Å². The van der Waals surface area contributed by atoms with Crippen LogP contribution < -0.4 is 10.6 Å². The molecule has 2 N–H and O–H groups in total. The molecule has 0 saturated carbocycles. The van der Waals surface area contributed by atoms with E-state index in [1.54, 1.807) is 14.2 Å². The Kier molecular flexibility index (Phi) is 7.70. The first-order valence-corrected chi connectivity index (χ1v) is 7.82. The van der Waals surface area contributed by atoms with Crippen LogP contribution in [0.4, 0.5) is 0 Å². The highest BCUT2D eigenvalue weighted by molar-refractivity contribution is 5.75. The van der Waals surface area contributed by atoms with E-state index in [0.717, 1.165) is 26.3 Å². The van der Waals surface area contributed by atoms with Crippen molar-refractivity contribution in [1.29, 1.82) is 0 Å². The fourth-order valence-electron chi connectivity index (χ4n) is 3.13. The normalized spacial score (nSPS) is 42.0. The smallest absolute Gasteiger partial charge is 0.175 e. The van der Waals surface area contributed by atoms with Crippen molar-refractivity contribution in [2.24, 2.45) is 0 Å². The van der Waals surface area contributed by atoms with Crippen molar-refractivity contribution in [3.05, 3.63) is 0 Å². The molecule has 4 rings (SSSR count). The van der Waals surface area contributed by atoms with Gasteiger partial charge in [0.2, 0.25) is 0 Å². The highest BCUT2D eigenvalue weighted by Crippen LogP contribution is 2.20. The van der Waals surface area contributed by atoms with Gasteiger partial charge in [-0.3, -0.25) is 0 Å². The summed E-state index contributed by atoms with van der Waals surface area (Å²) in [4.78, 5) is 0. The van der Waals surface area contributed by atoms with Crippen LogP contribution in [-0.4, -0.2) is 99.0 Å². The molecule has 0 aliphatic carbocycles. The fourth-order valence-corrected chi connectivity index (χ4v) is 3.13. The lowest BCUT2D eigenvalue weighted by Gasteiger charge is -2.27. The fraction of sp³-hybridized carbons (Fsp3) is 1.00. The predicted octanol–water partition coefficient (Wildman–Crippen LogP) is -1.69. The summed E-state index contributed by atoms with van der Waals surface area (Å²) in [5.41, 5.74) is 0. The minimum absolute atomic E-state index is 0. The largest absolute Gasteiger partial charge is 0.377 e. The van der Waals surface area contributed by atoms with Gasteiger partial charge in [0.1, 0.15) is 12.2 Å². The van der Waals surface area contributed by atoms with Crippen molar-refractivity contribution in [2.75, 3.05) is 53.7 Å². The Morgan fingerprint density at radius 3 is 1.57 bits per heavy atom. The molecule has 8 nitrogen and oxygen atoms in total. The lowest BCUT2D eigenvalue weighted by atomic mass is 10.2. The maximum Gasteiger partial charge on any atom is 0.175 e. The maximum absolute atomic E-state index is 5.37. The standard InChI is InChI=1S/2C7H13NO3.B/c2*1-9-5-4-11-7-6(5)8-2-3-10-7;/h2*5-8H,2-4H2,1H3;/t2*5-,6-,7+;/m10./s1. The van der Waals surface area contributed by atoms with Crippen molar-refractivity contribution >= 4 is 8.41 Å². The highest BCUT2D eigenvalue weighted by atomic mass is 16.7. The van der Waals surface area contributed by atoms with Gasteiger partial charge < -0.3 is 39.1 Å². The van der Waals surface area contributed by atoms with Gasteiger partial charge in [0.05, 0.1) is 38.5 Å². The van der Waals surface area contributed by atoms with Crippen molar-refractivity contribution in [1.82, 2.24) is 10.6 Å². The minimum atomic E-state index is -0.0892. The average Bonchev–Trinajstić information content (AvgIpc) is 3.19. The lowest BCUT2D eigenvalue weighted by molar-refractivity contribution is -0.137. The third kappa shape index (κ3) is 4.43. The van der Waals surface area contributed by atoms with Gasteiger partial charge in [-0.05, 0) is 0 Å². The zero-order valence-electron chi connectivity index (χ0n) is 13.7. The third-order valence-electron chi connectivity index (χ3n) is 4.37. The topological polar surface area (TPSA) is 79.4 Å². The average molecular weight is 329 g/mol. The summed E-state index contributed by atoms with van der Waals surface area (Å²) in [6.45, 7) is 4.53. The van der Waals surface area contributed by atoms with Gasteiger partial charge in [-0.25, -0.2) is 0 Å². The van der Waals surface area contributed by atoms with Crippen LogP contribution in [0.1, 0.15) is 0 Å². The number of hydrogen-bond donors (Lipinski definition) is 2. The molecule has 131 valence electrons. The molecular formula is C14H26BN2O6. The molecule has 0 aromatic heterocycles. The van der Waals surface area contributed by atoms with E-state index in [4.69, 9.17) is 28.4 Å². The lowest BCUT2D eigenvalue weighted by Crippen LogP contribution is -2.50. The van der Waals surface area contributed by atoms with Gasteiger partial charge in [0.25, 0.3) is 0 Å². The number of rotatable bonds is 2. The van der Waals surface area contributed by atoms with Crippen molar-refractivity contribution in [3.63, 3.8) is 0 Å². The zero-order chi connectivity index (χ0) is 15.4. The molecule has 0 bridgehead atoms. The number of morpholine rings is 2. The van der Waals surface area contributed by atoms with E-state index in [9.17, 15) is 0 Å². The number of fused-ring (bicyclic) bond motifs is 2. The van der Waals surface area contributed by atoms with E-state index in [0.29, 0.717) is 13.2 Å². The monoisotopic (exact) mass is 329 g/mol. The summed E-state index contributed by atoms with van der Waals surface area (Å²) in [6, 6.07) is 0.461. The molecule has 0 aromatic rings. The van der Waals surface area contributed by atoms with Gasteiger partial charge in [-0.1, -0.05) is 0 Å². The van der Waals surface area contributed by atoms with E-state index in [-0.39, 0.29) is 45.3 Å². The van der Waals surface area contributed by atoms with Gasteiger partial charge >= 0.3 is 0 Å². The molecule has 4 fully saturated rings. The van der Waals surface area contributed by atoms with Gasteiger partial charge in [0.15, 0.2) is 12.6 Å². The van der Waals surface area contributed by atoms with E-state index in [1.165, 1.54) is 0 Å². The Morgan fingerprint density at radius 2 is 1.17 bits per heavy atom. The maximum atomic E-state index is 5.37. The Morgan fingerprint density at radius 1 is 0.739 bits per heavy atom. The predicted molar refractivity (Wildman–Crippen MR) is 82.3 cm³/mol. The summed E-state index contributed by atoms with van der Waals surface area (Å²) >= 11 is 0. The molecular weight excluding hydrogens is 303 g/mol. The summed E-state index contributed by atoms with van der Waals surface area (Å²) in [5, 5.41) is 6.61. The molecule has 23 heavy (non-hydrogen) atoms. The van der Waals surface area contributed by atoms with Gasteiger partial charge in [-0.15, -0.1) is 0 Å². The number of nitrogens with one attached hydrogen (secondary N) is 2. The van der Waals surface area contributed by atoms with Crippen LogP contribution in [0, 0.1) is 0 Å². The van der Waals surface area contributed by atoms with E-state index in [2.05, 4.69) is 10.6 Å². The van der Waals surface area contributed by atoms with Gasteiger partial charge in [0, 0.05) is 35.7 Å².